The van der Waals surface area contributed by atoms with E-state index in [4.69, 9.17) is 0 Å². The van der Waals surface area contributed by atoms with Crippen LogP contribution in [0, 0.1) is 19.8 Å². The monoisotopic (exact) mass is 657 g/mol. The Hall–Kier alpha value is -1.56. The third-order valence-corrected chi connectivity index (χ3v) is 8.80. The van der Waals surface area contributed by atoms with Crippen molar-refractivity contribution in [3.8, 4) is 0 Å². The second-order valence-corrected chi connectivity index (χ2v) is 13.5. The number of hydrogen-bond acceptors (Lipinski definition) is 3. The minimum Gasteiger partial charge on any atom is -0.876 e. The average molecular weight is 657 g/mol. The van der Waals surface area contributed by atoms with E-state index >= 15 is 0 Å². The maximum absolute atomic E-state index is 9.99. The molecule has 1 aliphatic carbocycles. The van der Waals surface area contributed by atoms with Gasteiger partial charge < -0.3 is 15.5 Å². The second kappa shape index (κ2) is 16.1. The number of rotatable bonds is 7. The molecule has 0 radical (unpaired) electrons. The van der Waals surface area contributed by atoms with Crippen molar-refractivity contribution in [2.24, 2.45) is 5.92 Å². The first kappa shape index (κ1) is 39.5. The molecule has 0 fully saturated rings. The second-order valence-electron chi connectivity index (χ2n) is 13.5. The molecule has 43 heavy (non-hydrogen) atoms. The molecule has 2 aromatic rings. The topological polar surface area (TPSA) is 56.3 Å². The Morgan fingerprint density at radius 2 is 1.72 bits per heavy atom. The van der Waals surface area contributed by atoms with Gasteiger partial charge >= 0.3 is 45.5 Å². The summed E-state index contributed by atoms with van der Waals surface area (Å²) >= 11 is 0. The number of anilines is 2. The van der Waals surface area contributed by atoms with Crippen LogP contribution in [0.2, 0.25) is 0 Å². The van der Waals surface area contributed by atoms with Gasteiger partial charge in [-0.2, -0.15) is 0 Å². The first-order chi connectivity index (χ1) is 19.2. The van der Waals surface area contributed by atoms with Crippen LogP contribution < -0.4 is 10.0 Å². The van der Waals surface area contributed by atoms with Gasteiger partial charge in [-0.15, -0.1) is 5.76 Å². The molecular formula is C39H55NO2Sr. The Bertz CT molecular complexity index is 1380. The van der Waals surface area contributed by atoms with E-state index in [1.165, 1.54) is 50.3 Å². The molecule has 4 rings (SSSR count). The summed E-state index contributed by atoms with van der Waals surface area (Å²) in [5.74, 6) is 0.783. The molecule has 230 valence electrons. The molecule has 0 unspecified atom stereocenters. The Balaban J connectivity index is 0.00000105. The van der Waals surface area contributed by atoms with Crippen LogP contribution >= 0.6 is 0 Å². The Kier molecular flexibility index (Phi) is 14.8. The van der Waals surface area contributed by atoms with Crippen molar-refractivity contribution in [3.05, 3.63) is 99.4 Å². The number of nitrogens with zero attached hydrogens (tertiary/aromatic N) is 1. The van der Waals surface area contributed by atoms with E-state index in [1.807, 2.05) is 6.92 Å². The summed E-state index contributed by atoms with van der Waals surface area (Å²) in [7, 11) is 0. The van der Waals surface area contributed by atoms with Crippen molar-refractivity contribution in [2.45, 2.75) is 120 Å². The summed E-state index contributed by atoms with van der Waals surface area (Å²) in [4.78, 5) is 2.61. The molecule has 2 aliphatic rings. The summed E-state index contributed by atoms with van der Waals surface area (Å²) in [6.07, 6.45) is 12.9. The number of fused-ring (bicyclic) bond motifs is 1. The van der Waals surface area contributed by atoms with E-state index in [2.05, 4.69) is 123 Å². The standard InChI is InChI=1S/C34H45N.C5H10O.H2O.Sr/c1-11-26(18-22(2)3)28-17-16-27(33(7,8)29-15-13-12-14-24(29)5)21-30(28)35-31-20-23(4)19-25(6)32(31)34(35,9)10;1-3-4-5(2)6;;/h11-12,14,16-17,19-22H,13,15,18H2,1-10H3;4,6H,3H2,1-2H3;1H2;/q;;;+2/p-2/b26-11-;5-4-;;. The van der Waals surface area contributed by atoms with E-state index in [0.29, 0.717) is 5.92 Å². The van der Waals surface area contributed by atoms with E-state index in [0.717, 1.165) is 25.7 Å². The van der Waals surface area contributed by atoms with Gasteiger partial charge in [0.05, 0.1) is 5.54 Å². The predicted molar refractivity (Wildman–Crippen MR) is 186 cm³/mol. The van der Waals surface area contributed by atoms with Crippen molar-refractivity contribution in [1.29, 1.82) is 0 Å². The first-order valence-electron chi connectivity index (χ1n) is 15.6. The Labute approximate surface area is 300 Å². The zero-order valence-electron chi connectivity index (χ0n) is 29.1. The molecule has 3 nitrogen and oxygen atoms in total. The molecule has 0 saturated heterocycles. The minimum atomic E-state index is -0.0376. The normalized spacial score (nSPS) is 16.1. The van der Waals surface area contributed by atoms with E-state index in [1.54, 1.807) is 18.6 Å². The molecule has 1 aliphatic heterocycles. The zero-order chi connectivity index (χ0) is 30.7. The summed E-state index contributed by atoms with van der Waals surface area (Å²) in [5.41, 5.74) is 14.2. The van der Waals surface area contributed by atoms with E-state index < -0.39 is 0 Å². The SMILES string of the molecule is C/C=C(/CC(C)C)c1ccc(C(C)(C)C2=C(C)C=CCC2)cc1N1c2cc(C)cc(C)c2C1(C)C.CC/C=C(/C)[O-].[OH-].[Sr+2]. The molecule has 0 spiro atoms. The largest absolute Gasteiger partial charge is 2.00 e. The molecule has 1 N–H and O–H groups in total. The van der Waals surface area contributed by atoms with E-state index in [9.17, 15) is 5.11 Å². The quantitative estimate of drug-likeness (QED) is 0.220. The number of aryl methyl sites for hydroxylation is 2. The molecule has 0 atom stereocenters. The summed E-state index contributed by atoms with van der Waals surface area (Å²) in [6, 6.07) is 12.0. The van der Waals surface area contributed by atoms with Crippen LogP contribution in [0.3, 0.4) is 0 Å². The van der Waals surface area contributed by atoms with Gasteiger partial charge in [0, 0.05) is 27.9 Å². The van der Waals surface area contributed by atoms with Gasteiger partial charge in [0.1, 0.15) is 0 Å². The third kappa shape index (κ3) is 8.58. The third-order valence-electron chi connectivity index (χ3n) is 8.80. The van der Waals surface area contributed by atoms with Gasteiger partial charge in [0.15, 0.2) is 0 Å². The van der Waals surface area contributed by atoms with Crippen LogP contribution in [0.1, 0.15) is 123 Å². The fraction of sp³-hybridized carbons (Fsp3) is 0.487. The molecule has 0 saturated carbocycles. The van der Waals surface area contributed by atoms with Crippen LogP contribution in [0.5, 0.6) is 0 Å². The number of benzene rings is 2. The van der Waals surface area contributed by atoms with Crippen LogP contribution in [0.15, 0.2) is 71.5 Å². The molecule has 0 bridgehead atoms. The average Bonchev–Trinajstić information content (AvgIpc) is 2.87. The number of allylic oxidation sites excluding steroid dienone is 8. The predicted octanol–water partition coefficient (Wildman–Crippen LogP) is 10.2. The molecule has 1 heterocycles. The van der Waals surface area contributed by atoms with Gasteiger partial charge in [-0.05, 0) is 108 Å². The molecular weight excluding hydrogens is 602 g/mol. The van der Waals surface area contributed by atoms with Crippen LogP contribution in [0.25, 0.3) is 5.57 Å². The minimum absolute atomic E-state index is 0. The van der Waals surface area contributed by atoms with Gasteiger partial charge in [-0.3, -0.25) is 0 Å². The van der Waals surface area contributed by atoms with Gasteiger partial charge in [0.25, 0.3) is 0 Å². The maximum Gasteiger partial charge on any atom is 2.00 e. The van der Waals surface area contributed by atoms with Crippen molar-refractivity contribution in [1.82, 2.24) is 0 Å². The van der Waals surface area contributed by atoms with Gasteiger partial charge in [-0.1, -0.05) is 95.2 Å². The van der Waals surface area contributed by atoms with Crippen LogP contribution in [0.4, 0.5) is 11.4 Å². The molecule has 2 aromatic carbocycles. The van der Waals surface area contributed by atoms with Crippen LogP contribution in [-0.4, -0.2) is 51.0 Å². The van der Waals surface area contributed by atoms with Gasteiger partial charge in [-0.25, -0.2) is 0 Å². The first-order valence-corrected chi connectivity index (χ1v) is 15.6. The number of hydrogen-bond donors (Lipinski definition) is 0. The zero-order valence-corrected chi connectivity index (χ0v) is 32.6. The Morgan fingerprint density at radius 1 is 1.07 bits per heavy atom. The maximum atomic E-state index is 9.99. The molecule has 0 amide bonds. The summed E-state index contributed by atoms with van der Waals surface area (Å²) in [6.45, 7) is 26.7. The Morgan fingerprint density at radius 3 is 2.23 bits per heavy atom. The fourth-order valence-electron chi connectivity index (χ4n) is 6.96. The summed E-state index contributed by atoms with van der Waals surface area (Å²) < 4.78 is 0. The van der Waals surface area contributed by atoms with Crippen molar-refractivity contribution in [2.75, 3.05) is 4.90 Å². The molecule has 4 heteroatoms. The van der Waals surface area contributed by atoms with E-state index in [-0.39, 0.29) is 67.7 Å². The van der Waals surface area contributed by atoms with Crippen molar-refractivity contribution in [3.63, 3.8) is 0 Å². The van der Waals surface area contributed by atoms with Crippen molar-refractivity contribution >= 4 is 62.4 Å². The van der Waals surface area contributed by atoms with Crippen molar-refractivity contribution < 1.29 is 10.6 Å². The fourth-order valence-corrected chi connectivity index (χ4v) is 6.96. The molecule has 0 aromatic heterocycles. The van der Waals surface area contributed by atoms with Crippen LogP contribution in [-0.2, 0) is 11.0 Å². The van der Waals surface area contributed by atoms with Gasteiger partial charge in [0.2, 0.25) is 0 Å². The smallest absolute Gasteiger partial charge is 0.876 e. The summed E-state index contributed by atoms with van der Waals surface area (Å²) in [5, 5.41) is 9.99.